The number of hydrogen-bond acceptors (Lipinski definition) is 6. The SMILES string of the molecule is COc1ccc(NC(=O)c2nnc3n2CC2CN(Cc4cnn(C(C)C)c4)CC2C3)cc1. The fourth-order valence-electron chi connectivity index (χ4n) is 4.78. The molecule has 168 valence electrons. The van der Waals surface area contributed by atoms with Gasteiger partial charge in [0.2, 0.25) is 5.82 Å². The van der Waals surface area contributed by atoms with Gasteiger partial charge in [-0.2, -0.15) is 5.10 Å². The van der Waals surface area contributed by atoms with Gasteiger partial charge in [0.05, 0.1) is 13.3 Å². The Hall–Kier alpha value is -3.20. The number of benzene rings is 1. The van der Waals surface area contributed by atoms with E-state index in [4.69, 9.17) is 4.74 Å². The van der Waals surface area contributed by atoms with E-state index in [1.165, 1.54) is 5.56 Å². The second kappa shape index (κ2) is 8.38. The van der Waals surface area contributed by atoms with E-state index in [9.17, 15) is 4.79 Å². The van der Waals surface area contributed by atoms with E-state index in [2.05, 4.69) is 45.6 Å². The van der Waals surface area contributed by atoms with Crippen molar-refractivity contribution < 1.29 is 9.53 Å². The number of methoxy groups -OCH3 is 1. The highest BCUT2D eigenvalue weighted by atomic mass is 16.5. The molecule has 4 heterocycles. The fourth-order valence-corrected chi connectivity index (χ4v) is 4.78. The van der Waals surface area contributed by atoms with Crippen molar-refractivity contribution in [2.75, 3.05) is 25.5 Å². The van der Waals surface area contributed by atoms with E-state index in [1.54, 1.807) is 7.11 Å². The average molecular weight is 436 g/mol. The van der Waals surface area contributed by atoms with Gasteiger partial charge in [-0.05, 0) is 49.9 Å². The first-order chi connectivity index (χ1) is 15.5. The van der Waals surface area contributed by atoms with Crippen LogP contribution in [0.25, 0.3) is 0 Å². The number of carbonyl (C=O) groups excluding carboxylic acids is 1. The maximum Gasteiger partial charge on any atom is 0.293 e. The molecule has 5 rings (SSSR count). The van der Waals surface area contributed by atoms with Crippen LogP contribution in [-0.2, 0) is 19.5 Å². The second-order valence-electron chi connectivity index (χ2n) is 9.07. The molecular weight excluding hydrogens is 406 g/mol. The summed E-state index contributed by atoms with van der Waals surface area (Å²) in [5.41, 5.74) is 1.95. The van der Waals surface area contributed by atoms with Crippen molar-refractivity contribution in [1.29, 1.82) is 0 Å². The number of likely N-dealkylation sites (tertiary alicyclic amines) is 1. The molecule has 0 saturated carbocycles. The van der Waals surface area contributed by atoms with Crippen molar-refractivity contribution in [3.8, 4) is 5.75 Å². The van der Waals surface area contributed by atoms with E-state index in [-0.39, 0.29) is 5.91 Å². The molecule has 2 aromatic heterocycles. The van der Waals surface area contributed by atoms with E-state index < -0.39 is 0 Å². The van der Waals surface area contributed by atoms with Gasteiger partial charge >= 0.3 is 0 Å². The monoisotopic (exact) mass is 435 g/mol. The smallest absolute Gasteiger partial charge is 0.293 e. The van der Waals surface area contributed by atoms with Gasteiger partial charge in [0.15, 0.2) is 0 Å². The number of anilines is 1. The van der Waals surface area contributed by atoms with Crippen molar-refractivity contribution in [2.45, 2.75) is 39.4 Å². The van der Waals surface area contributed by atoms with Crippen LogP contribution in [0.15, 0.2) is 36.7 Å². The highest BCUT2D eigenvalue weighted by Gasteiger charge is 2.39. The number of aromatic nitrogens is 5. The molecule has 1 fully saturated rings. The molecule has 0 spiro atoms. The Labute approximate surface area is 187 Å². The Morgan fingerprint density at radius 3 is 2.66 bits per heavy atom. The van der Waals surface area contributed by atoms with Crippen LogP contribution in [0, 0.1) is 11.8 Å². The van der Waals surface area contributed by atoms with Gasteiger partial charge in [-0.1, -0.05) is 0 Å². The third kappa shape index (κ3) is 4.00. The first kappa shape index (κ1) is 20.7. The second-order valence-corrected chi connectivity index (χ2v) is 9.07. The summed E-state index contributed by atoms with van der Waals surface area (Å²) in [6.07, 6.45) is 4.97. The van der Waals surface area contributed by atoms with Crippen LogP contribution in [-0.4, -0.2) is 55.6 Å². The summed E-state index contributed by atoms with van der Waals surface area (Å²) in [5, 5.41) is 15.9. The Morgan fingerprint density at radius 2 is 1.94 bits per heavy atom. The third-order valence-electron chi connectivity index (χ3n) is 6.48. The molecule has 2 aliphatic rings. The number of carbonyl (C=O) groups is 1. The maximum absolute atomic E-state index is 12.9. The van der Waals surface area contributed by atoms with Crippen LogP contribution in [0.3, 0.4) is 0 Å². The highest BCUT2D eigenvalue weighted by Crippen LogP contribution is 2.33. The van der Waals surface area contributed by atoms with Crippen LogP contribution in [0.1, 0.15) is 41.9 Å². The van der Waals surface area contributed by atoms with Crippen LogP contribution in [0.5, 0.6) is 5.75 Å². The number of fused-ring (bicyclic) bond motifs is 2. The quantitative estimate of drug-likeness (QED) is 0.640. The number of amides is 1. The maximum atomic E-state index is 12.9. The molecule has 0 bridgehead atoms. The van der Waals surface area contributed by atoms with Gasteiger partial charge < -0.3 is 14.6 Å². The lowest BCUT2D eigenvalue weighted by Crippen LogP contribution is -2.31. The number of nitrogens with one attached hydrogen (secondary N) is 1. The van der Waals surface area contributed by atoms with Crippen molar-refractivity contribution in [3.63, 3.8) is 0 Å². The Balaban J connectivity index is 1.24. The predicted molar refractivity (Wildman–Crippen MR) is 120 cm³/mol. The van der Waals surface area contributed by atoms with E-state index in [1.807, 2.05) is 39.7 Å². The van der Waals surface area contributed by atoms with E-state index >= 15 is 0 Å². The molecule has 1 aromatic carbocycles. The van der Waals surface area contributed by atoms with Crippen LogP contribution >= 0.6 is 0 Å². The summed E-state index contributed by atoms with van der Waals surface area (Å²) in [5.74, 6) is 2.83. The Morgan fingerprint density at radius 1 is 1.16 bits per heavy atom. The molecule has 1 N–H and O–H groups in total. The zero-order valence-electron chi connectivity index (χ0n) is 18.7. The third-order valence-corrected chi connectivity index (χ3v) is 6.48. The molecule has 1 saturated heterocycles. The Bertz CT molecular complexity index is 1100. The molecule has 2 aliphatic heterocycles. The first-order valence-electron chi connectivity index (χ1n) is 11.1. The highest BCUT2D eigenvalue weighted by molar-refractivity contribution is 6.01. The summed E-state index contributed by atoms with van der Waals surface area (Å²) >= 11 is 0. The van der Waals surface area contributed by atoms with Gasteiger partial charge in [0.1, 0.15) is 11.6 Å². The van der Waals surface area contributed by atoms with E-state index in [0.29, 0.717) is 29.4 Å². The molecule has 9 heteroatoms. The number of hydrogen-bond donors (Lipinski definition) is 1. The summed E-state index contributed by atoms with van der Waals surface area (Å²) in [6.45, 7) is 8.01. The standard InChI is InChI=1S/C23H29N7O2/c1-15(2)30-11-16(9-24-30)10-28-12-17-8-21-26-27-22(29(21)14-18(17)13-28)23(31)25-19-4-6-20(32-3)7-5-19/h4-7,9,11,15,17-18H,8,10,12-14H2,1-3H3,(H,25,31). The summed E-state index contributed by atoms with van der Waals surface area (Å²) in [4.78, 5) is 15.4. The minimum atomic E-state index is -0.233. The first-order valence-corrected chi connectivity index (χ1v) is 11.1. The molecule has 2 unspecified atom stereocenters. The molecule has 3 aromatic rings. The van der Waals surface area contributed by atoms with Crippen molar-refractivity contribution >= 4 is 11.6 Å². The number of nitrogens with zero attached hydrogens (tertiary/aromatic N) is 6. The normalized spacial score (nSPS) is 20.2. The molecule has 1 amide bonds. The molecule has 0 radical (unpaired) electrons. The zero-order chi connectivity index (χ0) is 22.2. The van der Waals surface area contributed by atoms with Crippen LogP contribution in [0.4, 0.5) is 5.69 Å². The van der Waals surface area contributed by atoms with Gasteiger partial charge in [-0.25, -0.2) is 0 Å². The largest absolute Gasteiger partial charge is 0.497 e. The molecule has 9 nitrogen and oxygen atoms in total. The molecule has 2 atom stereocenters. The van der Waals surface area contributed by atoms with Gasteiger partial charge in [0, 0.05) is 56.1 Å². The average Bonchev–Trinajstić information content (AvgIpc) is 3.50. The number of ether oxygens (including phenoxy) is 1. The molecule has 0 aliphatic carbocycles. The van der Waals surface area contributed by atoms with Gasteiger partial charge in [-0.3, -0.25) is 14.4 Å². The van der Waals surface area contributed by atoms with Gasteiger partial charge in [0.25, 0.3) is 5.91 Å². The summed E-state index contributed by atoms with van der Waals surface area (Å²) in [7, 11) is 1.62. The Kier molecular flexibility index (Phi) is 5.42. The molecule has 32 heavy (non-hydrogen) atoms. The van der Waals surface area contributed by atoms with Crippen molar-refractivity contribution in [2.24, 2.45) is 11.8 Å². The lowest BCUT2D eigenvalue weighted by atomic mass is 9.89. The number of rotatable bonds is 6. The van der Waals surface area contributed by atoms with Crippen LogP contribution in [0.2, 0.25) is 0 Å². The topological polar surface area (TPSA) is 90.1 Å². The minimum absolute atomic E-state index is 0.233. The zero-order valence-corrected chi connectivity index (χ0v) is 18.7. The van der Waals surface area contributed by atoms with Crippen molar-refractivity contribution in [1.82, 2.24) is 29.4 Å². The lowest BCUT2D eigenvalue weighted by Gasteiger charge is -2.25. The summed E-state index contributed by atoms with van der Waals surface area (Å²) in [6, 6.07) is 7.64. The fraction of sp³-hybridized carbons (Fsp3) is 0.478. The van der Waals surface area contributed by atoms with Gasteiger partial charge in [-0.15, -0.1) is 10.2 Å². The minimum Gasteiger partial charge on any atom is -0.497 e. The van der Waals surface area contributed by atoms with Crippen molar-refractivity contribution in [3.05, 3.63) is 53.9 Å². The predicted octanol–water partition coefficient (Wildman–Crippen LogP) is 2.62. The van der Waals surface area contributed by atoms with Crippen LogP contribution < -0.4 is 10.1 Å². The molecular formula is C23H29N7O2. The summed E-state index contributed by atoms with van der Waals surface area (Å²) < 4.78 is 9.18. The lowest BCUT2D eigenvalue weighted by molar-refractivity contribution is 0.100. The van der Waals surface area contributed by atoms with E-state index in [0.717, 1.165) is 44.2 Å².